The molecular formula is C8H18N2Si. The van der Waals surface area contributed by atoms with Gasteiger partial charge in [0.05, 0.1) is 0 Å². The molecule has 0 aliphatic carbocycles. The maximum Gasteiger partial charge on any atom is 0.201 e. The summed E-state index contributed by atoms with van der Waals surface area (Å²) in [6.45, 7) is 2.55. The van der Waals surface area contributed by atoms with Gasteiger partial charge in [-0.2, -0.15) is 0 Å². The van der Waals surface area contributed by atoms with Crippen LogP contribution in [0.4, 0.5) is 0 Å². The lowest BCUT2D eigenvalue weighted by atomic mass is 10.3. The molecule has 0 unspecified atom stereocenters. The minimum absolute atomic E-state index is 1.07. The van der Waals surface area contributed by atoms with Crippen molar-refractivity contribution in [1.29, 1.82) is 0 Å². The molecule has 0 amide bonds. The van der Waals surface area contributed by atoms with E-state index in [4.69, 9.17) is 0 Å². The Labute approximate surface area is 69.9 Å². The minimum Gasteiger partial charge on any atom is -0.325 e. The van der Waals surface area contributed by atoms with Gasteiger partial charge in [0.25, 0.3) is 0 Å². The van der Waals surface area contributed by atoms with Crippen LogP contribution >= 0.6 is 0 Å². The van der Waals surface area contributed by atoms with Crippen molar-refractivity contribution in [3.63, 3.8) is 0 Å². The first-order valence-electron chi connectivity index (χ1n) is 4.91. The van der Waals surface area contributed by atoms with Crippen molar-refractivity contribution >= 4 is 8.40 Å². The molecule has 2 aliphatic rings. The maximum atomic E-state index is 3.76. The molecule has 0 bridgehead atoms. The van der Waals surface area contributed by atoms with Crippen LogP contribution in [0.1, 0.15) is 25.7 Å². The van der Waals surface area contributed by atoms with E-state index in [1.54, 1.807) is 0 Å². The van der Waals surface area contributed by atoms with Gasteiger partial charge in [0.2, 0.25) is 8.40 Å². The molecule has 0 aromatic carbocycles. The molecular weight excluding hydrogens is 152 g/mol. The summed E-state index contributed by atoms with van der Waals surface area (Å²) in [6, 6.07) is 2.96. The molecule has 2 fully saturated rings. The first-order chi connectivity index (χ1) is 5.41. The Kier molecular flexibility index (Phi) is 2.30. The lowest BCUT2D eigenvalue weighted by Gasteiger charge is -2.39. The van der Waals surface area contributed by atoms with E-state index in [1.807, 2.05) is 0 Å². The molecule has 1 spiro atoms. The summed E-state index contributed by atoms with van der Waals surface area (Å²) in [4.78, 5) is 7.52. The maximum absolute atomic E-state index is 3.76. The van der Waals surface area contributed by atoms with E-state index in [1.165, 1.54) is 50.9 Å². The van der Waals surface area contributed by atoms with Gasteiger partial charge in [0, 0.05) is 0 Å². The van der Waals surface area contributed by atoms with Crippen molar-refractivity contribution in [2.75, 3.05) is 13.1 Å². The number of rotatable bonds is 0. The van der Waals surface area contributed by atoms with Gasteiger partial charge in [-0.25, -0.2) is 0 Å². The molecule has 2 N–H and O–H groups in total. The zero-order valence-corrected chi connectivity index (χ0v) is 8.16. The number of hydrogen-bond acceptors (Lipinski definition) is 2. The van der Waals surface area contributed by atoms with Gasteiger partial charge in [-0.1, -0.05) is 12.8 Å². The average Bonchev–Trinajstić information content (AvgIpc) is 2.07. The van der Waals surface area contributed by atoms with Gasteiger partial charge < -0.3 is 9.96 Å². The molecule has 64 valence electrons. The summed E-state index contributed by atoms with van der Waals surface area (Å²) in [6.07, 6.45) is 5.73. The largest absolute Gasteiger partial charge is 0.325 e. The second-order valence-corrected chi connectivity index (χ2v) is 7.72. The fourth-order valence-corrected chi connectivity index (χ4v) is 6.40. The lowest BCUT2D eigenvalue weighted by Crippen LogP contribution is -2.65. The molecule has 2 aliphatic heterocycles. The lowest BCUT2D eigenvalue weighted by molar-refractivity contribution is 0.600. The molecule has 3 heteroatoms. The fraction of sp³-hybridized carbons (Fsp3) is 1.00. The molecule has 0 radical (unpaired) electrons. The van der Waals surface area contributed by atoms with Gasteiger partial charge in [-0.15, -0.1) is 0 Å². The van der Waals surface area contributed by atoms with Crippen molar-refractivity contribution in [3.05, 3.63) is 0 Å². The Morgan fingerprint density at radius 3 is 1.64 bits per heavy atom. The third-order valence-corrected chi connectivity index (χ3v) is 7.26. The highest BCUT2D eigenvalue weighted by Gasteiger charge is 2.35. The van der Waals surface area contributed by atoms with E-state index in [2.05, 4.69) is 9.96 Å². The van der Waals surface area contributed by atoms with Crippen molar-refractivity contribution in [2.45, 2.75) is 37.8 Å². The van der Waals surface area contributed by atoms with Crippen molar-refractivity contribution in [3.8, 4) is 0 Å². The predicted octanol–water partition coefficient (Wildman–Crippen LogP) is 1.20. The van der Waals surface area contributed by atoms with Crippen LogP contribution in [0, 0.1) is 0 Å². The van der Waals surface area contributed by atoms with Crippen LogP contribution in [0.15, 0.2) is 0 Å². The van der Waals surface area contributed by atoms with Crippen molar-refractivity contribution in [2.24, 2.45) is 0 Å². The molecule has 11 heavy (non-hydrogen) atoms. The highest BCUT2D eigenvalue weighted by Crippen LogP contribution is 2.22. The molecule has 0 aromatic rings. The molecule has 0 saturated carbocycles. The monoisotopic (exact) mass is 170 g/mol. The number of nitrogens with one attached hydrogen (secondary N) is 2. The molecule has 0 atom stereocenters. The van der Waals surface area contributed by atoms with Gasteiger partial charge in [0.1, 0.15) is 0 Å². The van der Waals surface area contributed by atoms with Crippen LogP contribution in [-0.2, 0) is 0 Å². The smallest absolute Gasteiger partial charge is 0.201 e. The van der Waals surface area contributed by atoms with Crippen LogP contribution in [0.2, 0.25) is 12.1 Å². The van der Waals surface area contributed by atoms with E-state index in [9.17, 15) is 0 Å². The normalized spacial score (nSPS) is 30.5. The topological polar surface area (TPSA) is 24.1 Å². The van der Waals surface area contributed by atoms with Crippen molar-refractivity contribution in [1.82, 2.24) is 9.96 Å². The zero-order valence-electron chi connectivity index (χ0n) is 7.16. The Balaban J connectivity index is 1.94. The van der Waals surface area contributed by atoms with Crippen LogP contribution in [0.5, 0.6) is 0 Å². The quantitative estimate of drug-likeness (QED) is 0.534. The van der Waals surface area contributed by atoms with E-state index < -0.39 is 8.40 Å². The number of hydrogen-bond donors (Lipinski definition) is 2. The predicted molar refractivity (Wildman–Crippen MR) is 49.8 cm³/mol. The van der Waals surface area contributed by atoms with Crippen LogP contribution in [-0.4, -0.2) is 21.5 Å². The first-order valence-corrected chi connectivity index (χ1v) is 7.33. The molecule has 2 nitrogen and oxygen atoms in total. The van der Waals surface area contributed by atoms with Gasteiger partial charge in [0.15, 0.2) is 0 Å². The third-order valence-electron chi connectivity index (χ3n) is 2.99. The highest BCUT2D eigenvalue weighted by atomic mass is 28.3. The second-order valence-electron chi connectivity index (χ2n) is 3.85. The van der Waals surface area contributed by atoms with Gasteiger partial charge in [-0.05, 0) is 38.0 Å². The fourth-order valence-electron chi connectivity index (χ4n) is 2.30. The standard InChI is InChI=1S/C8H18N2Si/c1-3-7-11(9-5-1)8-4-2-6-10-11/h9-10H,1-8H2. The van der Waals surface area contributed by atoms with E-state index in [-0.39, 0.29) is 0 Å². The molecule has 2 heterocycles. The summed E-state index contributed by atoms with van der Waals surface area (Å²) >= 11 is 0. The van der Waals surface area contributed by atoms with Crippen LogP contribution in [0.25, 0.3) is 0 Å². The zero-order chi connectivity index (χ0) is 7.57. The summed E-state index contributed by atoms with van der Waals surface area (Å²) in [5.41, 5.74) is 0. The average molecular weight is 170 g/mol. The Hall–Kier alpha value is 0.137. The first kappa shape index (κ1) is 7.77. The van der Waals surface area contributed by atoms with Gasteiger partial charge >= 0.3 is 0 Å². The van der Waals surface area contributed by atoms with Crippen LogP contribution < -0.4 is 9.96 Å². The van der Waals surface area contributed by atoms with E-state index >= 15 is 0 Å². The van der Waals surface area contributed by atoms with Gasteiger partial charge in [-0.3, -0.25) is 0 Å². The second kappa shape index (κ2) is 3.25. The summed E-state index contributed by atoms with van der Waals surface area (Å²) in [7, 11) is -1.07. The Morgan fingerprint density at radius 1 is 0.727 bits per heavy atom. The third kappa shape index (κ3) is 1.66. The van der Waals surface area contributed by atoms with E-state index in [0.29, 0.717) is 0 Å². The highest BCUT2D eigenvalue weighted by molar-refractivity contribution is 6.75. The Bertz CT molecular complexity index is 107. The summed E-state index contributed by atoms with van der Waals surface area (Å²) in [5, 5.41) is 0. The molecule has 2 rings (SSSR count). The van der Waals surface area contributed by atoms with Crippen LogP contribution in [0.3, 0.4) is 0 Å². The molecule has 2 saturated heterocycles. The van der Waals surface area contributed by atoms with E-state index in [0.717, 1.165) is 0 Å². The summed E-state index contributed by atoms with van der Waals surface area (Å²) < 4.78 is 0. The SMILES string of the molecule is C1CC[Si]2(CCCCN2)NC1. The molecule has 0 aromatic heterocycles. The summed E-state index contributed by atoms with van der Waals surface area (Å²) in [5.74, 6) is 0. The van der Waals surface area contributed by atoms with Crippen molar-refractivity contribution < 1.29 is 0 Å². The minimum atomic E-state index is -1.07. The Morgan fingerprint density at radius 2 is 1.27 bits per heavy atom.